The van der Waals surface area contributed by atoms with Crippen molar-refractivity contribution in [2.75, 3.05) is 9.80 Å². The maximum absolute atomic E-state index is 7.02. The Morgan fingerprint density at radius 2 is 1.48 bits per heavy atom. The third-order valence-electron chi connectivity index (χ3n) is 16.0. The second-order valence-electron chi connectivity index (χ2n) is 23.4. The van der Waals surface area contributed by atoms with Gasteiger partial charge in [-0.15, -0.1) is 11.3 Å². The van der Waals surface area contributed by atoms with Crippen molar-refractivity contribution in [1.82, 2.24) is 0 Å². The van der Waals surface area contributed by atoms with Gasteiger partial charge in [0.05, 0.1) is 16.8 Å². The topological polar surface area (TPSA) is 19.6 Å². The van der Waals surface area contributed by atoms with Crippen LogP contribution in [0.3, 0.4) is 0 Å². The van der Waals surface area contributed by atoms with Crippen LogP contribution in [0, 0.1) is 17.3 Å². The third-order valence-corrected chi connectivity index (χ3v) is 17.3. The van der Waals surface area contributed by atoms with Crippen molar-refractivity contribution in [2.45, 2.75) is 118 Å². The van der Waals surface area contributed by atoms with E-state index in [0.717, 1.165) is 17.6 Å². The number of hydrogen-bond donors (Lipinski definition) is 0. The summed E-state index contributed by atoms with van der Waals surface area (Å²) in [6.07, 6.45) is 15.8. The molecule has 7 aromatic rings. The molecule has 0 bridgehead atoms. The number of anilines is 5. The van der Waals surface area contributed by atoms with Gasteiger partial charge in [-0.3, -0.25) is 0 Å². The molecule has 12 rings (SSSR count). The number of thiophene rings is 1. The Kier molecular flexibility index (Phi) is 8.44. The van der Waals surface area contributed by atoms with Gasteiger partial charge >= 0.3 is 0 Å². The molecule has 0 fully saturated rings. The van der Waals surface area contributed by atoms with Crippen LogP contribution in [-0.4, -0.2) is 6.71 Å². The second kappa shape index (κ2) is 13.4. The van der Waals surface area contributed by atoms with Crippen LogP contribution in [0.1, 0.15) is 124 Å². The lowest BCUT2D eigenvalue weighted by Crippen LogP contribution is -2.61. The molecule has 3 aliphatic carbocycles. The first-order valence-electron chi connectivity index (χ1n) is 23.9. The standard InChI is InChI=1S/C59H61BN2OS/c1-56(2,3)34-20-25-37(26-21-34)61-46-29-24-36(58(7,8)9)30-45(46)60-52-47(33-49-51(54(52)61)40-17-13-15-19-48(40)63-49)62(38-27-22-35(23-28-38)57(4,5)6)53-42-31-41-39-16-12-14-18-43(39)59(10,11)44(41)32-50(42)64-55(53)60/h12-13,15-17,19-20,22-34,39,43H,14,18,21H2,1-11H3. The first kappa shape index (κ1) is 40.3. The van der Waals surface area contributed by atoms with Gasteiger partial charge in [-0.25, -0.2) is 0 Å². The molecule has 2 aromatic heterocycles. The van der Waals surface area contributed by atoms with Crippen molar-refractivity contribution in [3.63, 3.8) is 0 Å². The minimum atomic E-state index is -0.0213. The normalized spacial score (nSPS) is 21.0. The predicted molar refractivity (Wildman–Crippen MR) is 277 cm³/mol. The summed E-state index contributed by atoms with van der Waals surface area (Å²) in [6, 6.07) is 33.2. The quantitative estimate of drug-likeness (QED) is 0.128. The fourth-order valence-corrected chi connectivity index (χ4v) is 13.7. The van der Waals surface area contributed by atoms with Crippen molar-refractivity contribution >= 4 is 94.2 Å². The fraction of sp³-hybridized carbons (Fsp3) is 0.356. The van der Waals surface area contributed by atoms with E-state index in [1.165, 1.54) is 100 Å². The summed E-state index contributed by atoms with van der Waals surface area (Å²) >= 11 is 2.04. The molecule has 3 nitrogen and oxygen atoms in total. The van der Waals surface area contributed by atoms with E-state index in [2.05, 4.69) is 201 Å². The van der Waals surface area contributed by atoms with Crippen LogP contribution >= 0.6 is 11.3 Å². The van der Waals surface area contributed by atoms with Gasteiger partial charge in [0.25, 0.3) is 6.71 Å². The van der Waals surface area contributed by atoms with Gasteiger partial charge in [0.1, 0.15) is 11.2 Å². The van der Waals surface area contributed by atoms with Gasteiger partial charge in [0.15, 0.2) is 0 Å². The largest absolute Gasteiger partial charge is 0.456 e. The van der Waals surface area contributed by atoms with E-state index in [0.29, 0.717) is 17.8 Å². The lowest BCUT2D eigenvalue weighted by atomic mass is 9.36. The number of benzene rings is 5. The molecule has 0 saturated carbocycles. The van der Waals surface area contributed by atoms with E-state index >= 15 is 0 Å². The van der Waals surface area contributed by atoms with E-state index in [1.54, 1.807) is 5.56 Å². The first-order chi connectivity index (χ1) is 30.4. The number of hydrogen-bond acceptors (Lipinski definition) is 4. The molecule has 322 valence electrons. The molecule has 3 atom stereocenters. The Balaban J connectivity index is 1.22. The minimum absolute atomic E-state index is 0.0213. The van der Waals surface area contributed by atoms with Gasteiger partial charge in [-0.1, -0.05) is 143 Å². The monoisotopic (exact) mass is 856 g/mol. The number of fused-ring (bicyclic) bond motifs is 13. The molecule has 0 radical (unpaired) electrons. The Labute approximate surface area is 384 Å². The Morgan fingerprint density at radius 1 is 0.734 bits per heavy atom. The number of nitrogens with zero attached hydrogens (tertiary/aromatic N) is 2. The van der Waals surface area contributed by atoms with Crippen molar-refractivity contribution in [1.29, 1.82) is 0 Å². The number of furan rings is 1. The van der Waals surface area contributed by atoms with E-state index < -0.39 is 0 Å². The minimum Gasteiger partial charge on any atom is -0.456 e. The molecule has 0 saturated heterocycles. The number of allylic oxidation sites excluding steroid dienone is 5. The Morgan fingerprint density at radius 3 is 2.20 bits per heavy atom. The lowest BCUT2D eigenvalue weighted by molar-refractivity contribution is 0.293. The highest BCUT2D eigenvalue weighted by Gasteiger charge is 2.50. The summed E-state index contributed by atoms with van der Waals surface area (Å²) in [5.41, 5.74) is 18.2. The summed E-state index contributed by atoms with van der Waals surface area (Å²) < 4.78 is 9.84. The van der Waals surface area contributed by atoms with Gasteiger partial charge in [-0.05, 0) is 128 Å². The summed E-state index contributed by atoms with van der Waals surface area (Å²) in [7, 11) is 0. The zero-order valence-electron chi connectivity index (χ0n) is 39.6. The molecule has 0 spiro atoms. The van der Waals surface area contributed by atoms with Crippen molar-refractivity contribution < 1.29 is 4.42 Å². The Bertz CT molecular complexity index is 3210. The Hall–Kier alpha value is -5.26. The zero-order valence-corrected chi connectivity index (χ0v) is 40.4. The van der Waals surface area contributed by atoms with Gasteiger partial charge in [0.2, 0.25) is 0 Å². The van der Waals surface area contributed by atoms with Gasteiger partial charge in [0, 0.05) is 55.0 Å². The van der Waals surface area contributed by atoms with Crippen molar-refractivity contribution in [3.8, 4) is 0 Å². The predicted octanol–water partition coefficient (Wildman–Crippen LogP) is 15.0. The number of para-hydroxylation sites is 1. The molecule has 5 heteroatoms. The fourth-order valence-electron chi connectivity index (χ4n) is 12.3. The van der Waals surface area contributed by atoms with Crippen LogP contribution in [0.25, 0.3) is 32.0 Å². The van der Waals surface area contributed by atoms with Crippen LogP contribution in [-0.2, 0) is 16.2 Å². The molecule has 3 unspecified atom stereocenters. The van der Waals surface area contributed by atoms with E-state index in [9.17, 15) is 0 Å². The van der Waals surface area contributed by atoms with Crippen molar-refractivity contribution in [2.24, 2.45) is 17.3 Å². The van der Waals surface area contributed by atoms with E-state index in [-0.39, 0.29) is 28.4 Å². The van der Waals surface area contributed by atoms with Crippen LogP contribution < -0.4 is 25.5 Å². The first-order valence-corrected chi connectivity index (χ1v) is 24.7. The molecule has 0 N–H and O–H groups in total. The molecular weight excluding hydrogens is 796 g/mol. The maximum atomic E-state index is 7.02. The highest BCUT2D eigenvalue weighted by atomic mass is 32.1. The van der Waals surface area contributed by atoms with Gasteiger partial charge < -0.3 is 14.2 Å². The summed E-state index contributed by atoms with van der Waals surface area (Å²) in [4.78, 5) is 5.27. The summed E-state index contributed by atoms with van der Waals surface area (Å²) in [6.45, 7) is 26.2. The number of rotatable bonds is 2. The highest BCUT2D eigenvalue weighted by molar-refractivity contribution is 7.33. The summed E-state index contributed by atoms with van der Waals surface area (Å²) in [5, 5.41) is 3.73. The van der Waals surface area contributed by atoms with Crippen molar-refractivity contribution in [3.05, 3.63) is 143 Å². The maximum Gasteiger partial charge on any atom is 0.264 e. The molecular formula is C59H61BN2OS. The second-order valence-corrected chi connectivity index (χ2v) is 24.4. The SMILES string of the molecule is CC(C)(C)c1ccc(N2c3cc4oc5ccccc5c4c4c3B(c3cc(C(C)(C)C)ccc3N4C3=CCC(C(C)(C)C)C=C3)c3sc4cc5c(cc4c32)C2C=CCCC2C5(C)C)cc1. The lowest BCUT2D eigenvalue weighted by Gasteiger charge is -2.44. The third kappa shape index (κ3) is 5.71. The van der Waals surface area contributed by atoms with Gasteiger partial charge in [-0.2, -0.15) is 0 Å². The van der Waals surface area contributed by atoms with Crippen LogP contribution in [0.2, 0.25) is 0 Å². The summed E-state index contributed by atoms with van der Waals surface area (Å²) in [5.74, 6) is 1.54. The van der Waals surface area contributed by atoms with Crippen LogP contribution in [0.4, 0.5) is 28.4 Å². The molecule has 5 aromatic carbocycles. The molecule has 4 heterocycles. The smallest absolute Gasteiger partial charge is 0.264 e. The highest BCUT2D eigenvalue weighted by Crippen LogP contribution is 2.58. The average Bonchev–Trinajstić information content (AvgIpc) is 3.89. The average molecular weight is 857 g/mol. The molecule has 2 aliphatic heterocycles. The molecule has 5 aliphatic rings. The van der Waals surface area contributed by atoms with Crippen LogP contribution in [0.5, 0.6) is 0 Å². The molecule has 0 amide bonds. The zero-order chi connectivity index (χ0) is 44.4. The van der Waals surface area contributed by atoms with E-state index in [4.69, 9.17) is 4.42 Å². The molecule has 64 heavy (non-hydrogen) atoms. The van der Waals surface area contributed by atoms with Crippen LogP contribution in [0.15, 0.2) is 125 Å². The van der Waals surface area contributed by atoms with E-state index in [1.807, 2.05) is 11.3 Å².